The summed E-state index contributed by atoms with van der Waals surface area (Å²) in [6.45, 7) is 3.87. The number of carbonyl (C=O) groups is 2. The standard InChI is InChI=1S/C29H29N3O6.C4H6/c1-4-31-32-18-24-23(11-8-12-25(24)38-22-15-13-21(35-2)14-16-22)28(37-19-20-9-6-5-7-10-20)27(32)29(34)30-17-26(33)36-3;1-3-4-2/h4-16H,17-19H2,1-3H3,(H,30,34);1H,4H2,2H3/b31-4-;. The molecule has 9 heteroatoms. The third kappa shape index (κ3) is 8.38. The van der Waals surface area contributed by atoms with Crippen molar-refractivity contribution in [2.24, 2.45) is 5.10 Å². The summed E-state index contributed by atoms with van der Waals surface area (Å²) in [5, 5.41) is 8.57. The van der Waals surface area contributed by atoms with E-state index < -0.39 is 11.9 Å². The summed E-state index contributed by atoms with van der Waals surface area (Å²) in [7, 11) is 2.87. The summed E-state index contributed by atoms with van der Waals surface area (Å²) in [6.07, 6.45) is 7.21. The number of hydrazone groups is 1. The predicted molar refractivity (Wildman–Crippen MR) is 162 cm³/mol. The zero-order valence-corrected chi connectivity index (χ0v) is 24.3. The van der Waals surface area contributed by atoms with Gasteiger partial charge in [-0.2, -0.15) is 5.10 Å². The topological polar surface area (TPSA) is 98.7 Å². The molecule has 0 saturated heterocycles. The van der Waals surface area contributed by atoms with Gasteiger partial charge in [0.1, 0.15) is 30.4 Å². The van der Waals surface area contributed by atoms with E-state index in [9.17, 15) is 9.59 Å². The Morgan fingerprint density at radius 2 is 1.71 bits per heavy atom. The average Bonchev–Trinajstić information content (AvgIpc) is 3.03. The van der Waals surface area contributed by atoms with Crippen LogP contribution in [0.2, 0.25) is 0 Å². The van der Waals surface area contributed by atoms with E-state index in [-0.39, 0.29) is 25.4 Å². The number of fused-ring (bicyclic) bond motifs is 1. The summed E-state index contributed by atoms with van der Waals surface area (Å²) in [5.74, 6) is 3.61. The van der Waals surface area contributed by atoms with E-state index in [1.165, 1.54) is 12.1 Å². The van der Waals surface area contributed by atoms with E-state index in [2.05, 4.69) is 21.1 Å². The van der Waals surface area contributed by atoms with Crippen LogP contribution in [0.1, 0.15) is 37.0 Å². The van der Waals surface area contributed by atoms with E-state index in [1.807, 2.05) is 79.7 Å². The molecule has 0 bridgehead atoms. The number of terminal acetylenes is 1. The molecule has 0 radical (unpaired) electrons. The van der Waals surface area contributed by atoms with Gasteiger partial charge >= 0.3 is 5.97 Å². The quantitative estimate of drug-likeness (QED) is 0.195. The van der Waals surface area contributed by atoms with Gasteiger partial charge in [-0.25, -0.2) is 0 Å². The van der Waals surface area contributed by atoms with Gasteiger partial charge in [-0.15, -0.1) is 12.3 Å². The van der Waals surface area contributed by atoms with Crippen LogP contribution >= 0.6 is 0 Å². The van der Waals surface area contributed by atoms with Crippen LogP contribution in [0, 0.1) is 12.3 Å². The number of nitrogens with one attached hydrogen (secondary N) is 1. The molecule has 0 fully saturated rings. The van der Waals surface area contributed by atoms with Crippen LogP contribution in [0.4, 0.5) is 0 Å². The van der Waals surface area contributed by atoms with Crippen LogP contribution in [0.3, 0.4) is 0 Å². The van der Waals surface area contributed by atoms with Crippen molar-refractivity contribution in [2.75, 3.05) is 20.8 Å². The number of carbonyl (C=O) groups excluding carboxylic acids is 2. The Morgan fingerprint density at radius 3 is 2.33 bits per heavy atom. The van der Waals surface area contributed by atoms with Crippen molar-refractivity contribution in [3.8, 4) is 29.6 Å². The lowest BCUT2D eigenvalue weighted by Gasteiger charge is -2.31. The fourth-order valence-electron chi connectivity index (χ4n) is 3.92. The van der Waals surface area contributed by atoms with Gasteiger partial charge in [-0.05, 0) is 42.8 Å². The van der Waals surface area contributed by atoms with Crippen molar-refractivity contribution < 1.29 is 28.5 Å². The fraction of sp³-hybridized carbons (Fsp3) is 0.242. The average molecular weight is 570 g/mol. The minimum absolute atomic E-state index is 0.178. The highest BCUT2D eigenvalue weighted by molar-refractivity contribution is 6.01. The van der Waals surface area contributed by atoms with Crippen molar-refractivity contribution in [1.29, 1.82) is 0 Å². The van der Waals surface area contributed by atoms with Gasteiger partial charge in [0, 0.05) is 23.8 Å². The minimum Gasteiger partial charge on any atom is -0.497 e. The van der Waals surface area contributed by atoms with Crippen molar-refractivity contribution in [2.45, 2.75) is 33.4 Å². The second-order valence-electron chi connectivity index (χ2n) is 8.76. The molecule has 3 aromatic carbocycles. The molecule has 0 unspecified atom stereocenters. The van der Waals surface area contributed by atoms with E-state index in [0.717, 1.165) is 23.3 Å². The first-order chi connectivity index (χ1) is 20.4. The van der Waals surface area contributed by atoms with Gasteiger partial charge < -0.3 is 24.3 Å². The first kappa shape index (κ1) is 31.3. The van der Waals surface area contributed by atoms with Gasteiger partial charge in [0.25, 0.3) is 5.91 Å². The lowest BCUT2D eigenvalue weighted by Crippen LogP contribution is -2.38. The maximum absolute atomic E-state index is 13.4. The first-order valence-electron chi connectivity index (χ1n) is 13.3. The number of nitrogens with zero attached hydrogens (tertiary/aromatic N) is 2. The number of rotatable bonds is 10. The van der Waals surface area contributed by atoms with Crippen molar-refractivity contribution in [1.82, 2.24) is 10.3 Å². The second kappa shape index (κ2) is 16.1. The Balaban J connectivity index is 0.00000114. The molecule has 4 rings (SSSR count). The van der Waals surface area contributed by atoms with Crippen LogP contribution in [0.5, 0.6) is 17.2 Å². The fourth-order valence-corrected chi connectivity index (χ4v) is 3.92. The molecule has 1 aliphatic rings. The highest BCUT2D eigenvalue weighted by atomic mass is 16.5. The lowest BCUT2D eigenvalue weighted by atomic mass is 9.98. The molecule has 1 heterocycles. The van der Waals surface area contributed by atoms with E-state index in [0.29, 0.717) is 22.8 Å². The molecule has 3 aromatic rings. The van der Waals surface area contributed by atoms with Crippen LogP contribution in [-0.2, 0) is 32.2 Å². The normalized spacial score (nSPS) is 11.9. The summed E-state index contributed by atoms with van der Waals surface area (Å²) in [6, 6.07) is 22.5. The SMILES string of the molecule is C#CCC.C/C=N\N1Cc2c(Oc3ccc(OC)cc3)cccc2C(OCc2ccccc2)=C1C(=O)NCC(=O)OC. The van der Waals surface area contributed by atoms with Crippen molar-refractivity contribution in [3.63, 3.8) is 0 Å². The molecule has 0 spiro atoms. The summed E-state index contributed by atoms with van der Waals surface area (Å²) in [5.41, 5.74) is 2.59. The Kier molecular flexibility index (Phi) is 12.0. The Morgan fingerprint density at radius 1 is 1.02 bits per heavy atom. The van der Waals surface area contributed by atoms with Gasteiger partial charge in [-0.3, -0.25) is 14.6 Å². The number of hydrogen-bond acceptors (Lipinski definition) is 8. The monoisotopic (exact) mass is 569 g/mol. The first-order valence-corrected chi connectivity index (χ1v) is 13.3. The van der Waals surface area contributed by atoms with E-state index >= 15 is 0 Å². The molecular formula is C33H35N3O6. The van der Waals surface area contributed by atoms with Crippen LogP contribution in [-0.4, -0.2) is 43.9 Å². The van der Waals surface area contributed by atoms with Gasteiger partial charge in [0.2, 0.25) is 0 Å². The molecule has 1 aliphatic heterocycles. The summed E-state index contributed by atoms with van der Waals surface area (Å²) >= 11 is 0. The van der Waals surface area contributed by atoms with E-state index in [4.69, 9.17) is 20.6 Å². The third-order valence-electron chi connectivity index (χ3n) is 5.97. The molecule has 0 atom stereocenters. The number of hydrogen-bond donors (Lipinski definition) is 1. The van der Waals surface area contributed by atoms with Gasteiger partial charge in [-0.1, -0.05) is 49.4 Å². The van der Waals surface area contributed by atoms with Crippen molar-refractivity contribution >= 4 is 23.9 Å². The number of esters is 1. The minimum atomic E-state index is -0.567. The Labute approximate surface area is 246 Å². The Hall–Kier alpha value is -5.23. The molecule has 0 aliphatic carbocycles. The smallest absolute Gasteiger partial charge is 0.325 e. The number of ether oxygens (including phenoxy) is 4. The van der Waals surface area contributed by atoms with Gasteiger partial charge in [0.05, 0.1) is 20.8 Å². The maximum Gasteiger partial charge on any atom is 0.325 e. The van der Waals surface area contributed by atoms with Crippen molar-refractivity contribution in [3.05, 3.63) is 95.2 Å². The molecule has 1 N–H and O–H groups in total. The highest BCUT2D eigenvalue weighted by Crippen LogP contribution is 2.39. The maximum atomic E-state index is 13.4. The molecule has 0 saturated carbocycles. The largest absolute Gasteiger partial charge is 0.497 e. The van der Waals surface area contributed by atoms with E-state index in [1.54, 1.807) is 20.2 Å². The molecule has 1 amide bonds. The highest BCUT2D eigenvalue weighted by Gasteiger charge is 2.33. The number of methoxy groups -OCH3 is 2. The molecular weight excluding hydrogens is 534 g/mol. The zero-order chi connectivity index (χ0) is 30.3. The lowest BCUT2D eigenvalue weighted by molar-refractivity contribution is -0.140. The zero-order valence-electron chi connectivity index (χ0n) is 24.3. The number of amides is 1. The summed E-state index contributed by atoms with van der Waals surface area (Å²) in [4.78, 5) is 25.1. The molecule has 218 valence electrons. The van der Waals surface area contributed by atoms with Crippen LogP contribution in [0.15, 0.2) is 83.6 Å². The van der Waals surface area contributed by atoms with Gasteiger partial charge in [0.15, 0.2) is 11.5 Å². The second-order valence-corrected chi connectivity index (χ2v) is 8.76. The molecule has 9 nitrogen and oxygen atoms in total. The van der Waals surface area contributed by atoms with Crippen LogP contribution in [0.25, 0.3) is 5.76 Å². The Bertz CT molecular complexity index is 1440. The summed E-state index contributed by atoms with van der Waals surface area (Å²) < 4.78 is 22.4. The third-order valence-corrected chi connectivity index (χ3v) is 5.97. The molecule has 0 aromatic heterocycles. The molecule has 42 heavy (non-hydrogen) atoms. The predicted octanol–water partition coefficient (Wildman–Crippen LogP) is 5.51. The van der Waals surface area contributed by atoms with Crippen LogP contribution < -0.4 is 14.8 Å². The number of benzene rings is 3.